The molecule has 0 fully saturated rings. The molecule has 4 N–H and O–H groups in total. The van der Waals surface area contributed by atoms with Gasteiger partial charge in [0, 0.05) is 0 Å². The quantitative estimate of drug-likeness (QED) is 0.274. The lowest BCUT2D eigenvalue weighted by Crippen LogP contribution is -2.47. The minimum absolute atomic E-state index is 0.0302. The molecule has 0 bridgehead atoms. The summed E-state index contributed by atoms with van der Waals surface area (Å²) in [6.07, 6.45) is -4.34. The Morgan fingerprint density at radius 2 is 1.87 bits per heavy atom. The first-order valence-electron chi connectivity index (χ1n) is 4.41. The van der Waals surface area contributed by atoms with E-state index in [1.807, 2.05) is 0 Å². The smallest absolute Gasteiger partial charge is 0.151 e. The third-order valence-electron chi connectivity index (χ3n) is 1.81. The Morgan fingerprint density at radius 1 is 1.27 bits per heavy atom. The molecule has 0 unspecified atom stereocenters. The average molecular weight is 220 g/mol. The van der Waals surface area contributed by atoms with Gasteiger partial charge in [-0.15, -0.1) is 6.58 Å². The molecular formula is C9H16O6. The third kappa shape index (κ3) is 4.50. The number of aliphatic hydroxyl groups excluding tert-OH is 4. The Kier molecular flexibility index (Phi) is 7.10. The summed E-state index contributed by atoms with van der Waals surface area (Å²) in [5.41, 5.74) is 0. The lowest BCUT2D eigenvalue weighted by Gasteiger charge is -2.25. The summed E-state index contributed by atoms with van der Waals surface area (Å²) >= 11 is 0. The van der Waals surface area contributed by atoms with Gasteiger partial charge in [-0.05, 0) is 0 Å². The van der Waals surface area contributed by atoms with Gasteiger partial charge in [0.2, 0.25) is 0 Å². The second kappa shape index (κ2) is 7.49. The fourth-order valence-corrected chi connectivity index (χ4v) is 0.927. The van der Waals surface area contributed by atoms with Gasteiger partial charge in [0.25, 0.3) is 0 Å². The molecule has 6 heteroatoms. The van der Waals surface area contributed by atoms with Crippen molar-refractivity contribution in [3.63, 3.8) is 0 Å². The zero-order valence-corrected chi connectivity index (χ0v) is 8.19. The van der Waals surface area contributed by atoms with Crippen LogP contribution in [-0.2, 0) is 9.53 Å². The van der Waals surface area contributed by atoms with Crippen molar-refractivity contribution >= 4 is 6.29 Å². The number of ether oxygens (including phenoxy) is 1. The largest absolute Gasteiger partial charge is 0.394 e. The molecule has 0 saturated heterocycles. The van der Waals surface area contributed by atoms with E-state index in [4.69, 9.17) is 14.9 Å². The Morgan fingerprint density at radius 3 is 2.27 bits per heavy atom. The number of hydrogen-bond acceptors (Lipinski definition) is 6. The maximum absolute atomic E-state index is 10.5. The van der Waals surface area contributed by atoms with E-state index in [2.05, 4.69) is 6.58 Å². The molecule has 0 aliphatic heterocycles. The van der Waals surface area contributed by atoms with Gasteiger partial charge < -0.3 is 30.0 Å². The van der Waals surface area contributed by atoms with Gasteiger partial charge in [0.1, 0.15) is 24.4 Å². The van der Waals surface area contributed by atoms with Crippen molar-refractivity contribution in [3.8, 4) is 0 Å². The number of aliphatic hydroxyl groups is 4. The van der Waals surface area contributed by atoms with E-state index in [0.29, 0.717) is 6.29 Å². The first-order valence-corrected chi connectivity index (χ1v) is 4.41. The second-order valence-corrected chi connectivity index (χ2v) is 2.95. The molecule has 88 valence electrons. The van der Waals surface area contributed by atoms with Crippen molar-refractivity contribution < 1.29 is 30.0 Å². The summed E-state index contributed by atoms with van der Waals surface area (Å²) in [5.74, 6) is 0. The van der Waals surface area contributed by atoms with Crippen LogP contribution >= 0.6 is 0 Å². The van der Waals surface area contributed by atoms with Crippen molar-refractivity contribution in [1.29, 1.82) is 0 Å². The van der Waals surface area contributed by atoms with Gasteiger partial charge in [-0.1, -0.05) is 6.08 Å². The standard InChI is InChI=1S/C9H16O6/c1-2-3-15-7(5-11)9(14)8(13)6(12)4-10/h2,5-10,12-14H,1,3-4H2/t6-,7+,8+,9-/m1/s1. The highest BCUT2D eigenvalue weighted by Crippen LogP contribution is 2.06. The number of carbonyl (C=O) groups excluding carboxylic acids is 1. The Bertz CT molecular complexity index is 195. The monoisotopic (exact) mass is 220 g/mol. The van der Waals surface area contributed by atoms with Gasteiger partial charge in [0.05, 0.1) is 13.2 Å². The molecule has 6 nitrogen and oxygen atoms in total. The molecule has 0 spiro atoms. The molecule has 0 heterocycles. The van der Waals surface area contributed by atoms with E-state index in [1.54, 1.807) is 0 Å². The molecule has 0 aromatic heterocycles. The average Bonchev–Trinajstić information content (AvgIpc) is 2.27. The number of aldehydes is 1. The lowest BCUT2D eigenvalue weighted by atomic mass is 10.0. The predicted molar refractivity (Wildman–Crippen MR) is 51.1 cm³/mol. The Balaban J connectivity index is 4.28. The maximum Gasteiger partial charge on any atom is 0.151 e. The highest BCUT2D eigenvalue weighted by molar-refractivity contribution is 5.57. The summed E-state index contributed by atoms with van der Waals surface area (Å²) in [7, 11) is 0. The first-order chi connectivity index (χ1) is 7.08. The van der Waals surface area contributed by atoms with E-state index >= 15 is 0 Å². The molecule has 0 aromatic rings. The molecule has 0 amide bonds. The second-order valence-electron chi connectivity index (χ2n) is 2.95. The van der Waals surface area contributed by atoms with Crippen LogP contribution in [-0.4, -0.2) is 64.3 Å². The minimum atomic E-state index is -1.64. The number of hydrogen-bond donors (Lipinski definition) is 4. The summed E-state index contributed by atoms with van der Waals surface area (Å²) in [6.45, 7) is 2.66. The van der Waals surface area contributed by atoms with Crippen molar-refractivity contribution in [2.45, 2.75) is 24.4 Å². The van der Waals surface area contributed by atoms with Gasteiger partial charge in [0.15, 0.2) is 6.29 Å². The van der Waals surface area contributed by atoms with E-state index < -0.39 is 31.0 Å². The van der Waals surface area contributed by atoms with Gasteiger partial charge >= 0.3 is 0 Å². The minimum Gasteiger partial charge on any atom is -0.394 e. The molecule has 0 aliphatic rings. The van der Waals surface area contributed by atoms with Crippen molar-refractivity contribution in [3.05, 3.63) is 12.7 Å². The third-order valence-corrected chi connectivity index (χ3v) is 1.81. The van der Waals surface area contributed by atoms with E-state index in [1.165, 1.54) is 6.08 Å². The fraction of sp³-hybridized carbons (Fsp3) is 0.667. The topological polar surface area (TPSA) is 107 Å². The Labute approximate surface area is 87.4 Å². The van der Waals surface area contributed by atoms with Crippen LogP contribution in [0.5, 0.6) is 0 Å². The van der Waals surface area contributed by atoms with Crippen LogP contribution in [0.2, 0.25) is 0 Å². The van der Waals surface area contributed by atoms with Gasteiger partial charge in [-0.2, -0.15) is 0 Å². The summed E-state index contributed by atoms with van der Waals surface area (Å²) in [5, 5.41) is 36.2. The molecule has 0 aromatic carbocycles. The molecule has 0 rings (SSSR count). The van der Waals surface area contributed by atoms with Crippen LogP contribution in [0.15, 0.2) is 12.7 Å². The first kappa shape index (κ1) is 14.2. The number of rotatable bonds is 8. The van der Waals surface area contributed by atoms with Gasteiger partial charge in [-0.25, -0.2) is 0 Å². The zero-order chi connectivity index (χ0) is 11.8. The normalized spacial score (nSPS) is 18.9. The van der Waals surface area contributed by atoms with Crippen LogP contribution in [0.3, 0.4) is 0 Å². The molecule has 4 atom stereocenters. The van der Waals surface area contributed by atoms with E-state index in [0.717, 1.165) is 0 Å². The highest BCUT2D eigenvalue weighted by Gasteiger charge is 2.31. The van der Waals surface area contributed by atoms with Crippen molar-refractivity contribution in [1.82, 2.24) is 0 Å². The molecule has 0 radical (unpaired) electrons. The molecule has 15 heavy (non-hydrogen) atoms. The van der Waals surface area contributed by atoms with E-state index in [9.17, 15) is 15.0 Å². The summed E-state index contributed by atoms with van der Waals surface area (Å²) in [4.78, 5) is 10.5. The fourth-order valence-electron chi connectivity index (χ4n) is 0.927. The molecule has 0 aliphatic carbocycles. The van der Waals surface area contributed by atoms with Crippen molar-refractivity contribution in [2.24, 2.45) is 0 Å². The molecule has 0 saturated carbocycles. The van der Waals surface area contributed by atoms with Crippen LogP contribution in [0.4, 0.5) is 0 Å². The summed E-state index contributed by atoms with van der Waals surface area (Å²) in [6, 6.07) is 0. The summed E-state index contributed by atoms with van der Waals surface area (Å²) < 4.78 is 4.83. The number of carbonyl (C=O) groups is 1. The maximum atomic E-state index is 10.5. The van der Waals surface area contributed by atoms with Crippen LogP contribution < -0.4 is 0 Å². The zero-order valence-electron chi connectivity index (χ0n) is 8.19. The van der Waals surface area contributed by atoms with Crippen molar-refractivity contribution in [2.75, 3.05) is 13.2 Å². The molecular weight excluding hydrogens is 204 g/mol. The predicted octanol–water partition coefficient (Wildman–Crippen LogP) is -2.17. The van der Waals surface area contributed by atoms with Crippen LogP contribution in [0.1, 0.15) is 0 Å². The van der Waals surface area contributed by atoms with Crippen LogP contribution in [0, 0.1) is 0 Å². The SMILES string of the molecule is C=CCO[C@@H](C=O)[C@@H](O)[C@@H](O)[C@H](O)CO. The van der Waals surface area contributed by atoms with E-state index in [-0.39, 0.29) is 6.61 Å². The van der Waals surface area contributed by atoms with Crippen LogP contribution in [0.25, 0.3) is 0 Å². The Hall–Kier alpha value is -0.790. The highest BCUT2D eigenvalue weighted by atomic mass is 16.5. The lowest BCUT2D eigenvalue weighted by molar-refractivity contribution is -0.143. The van der Waals surface area contributed by atoms with Gasteiger partial charge in [-0.3, -0.25) is 0 Å².